The summed E-state index contributed by atoms with van der Waals surface area (Å²) in [7, 11) is 0. The summed E-state index contributed by atoms with van der Waals surface area (Å²) in [6.45, 7) is 5.63. The van der Waals surface area contributed by atoms with Crippen LogP contribution in [0.15, 0.2) is 42.7 Å². The average Bonchev–Trinajstić information content (AvgIpc) is 2.62. The molecule has 1 aliphatic heterocycles. The SMILES string of the molecule is Cc1ccc(-c2cncc(C(=O)N3CCCC(C(C)N)C3)c2)cc1. The van der Waals surface area contributed by atoms with Crippen LogP contribution < -0.4 is 5.73 Å². The van der Waals surface area contributed by atoms with Gasteiger partial charge in [-0.2, -0.15) is 0 Å². The highest BCUT2D eigenvalue weighted by Gasteiger charge is 2.26. The molecule has 0 aliphatic carbocycles. The van der Waals surface area contributed by atoms with Crippen molar-refractivity contribution in [2.75, 3.05) is 13.1 Å². The maximum atomic E-state index is 12.9. The topological polar surface area (TPSA) is 59.2 Å². The number of pyridine rings is 1. The molecule has 0 bridgehead atoms. The van der Waals surface area contributed by atoms with Crippen molar-refractivity contribution in [2.24, 2.45) is 11.7 Å². The minimum Gasteiger partial charge on any atom is -0.338 e. The smallest absolute Gasteiger partial charge is 0.255 e. The quantitative estimate of drug-likeness (QED) is 0.943. The number of aromatic nitrogens is 1. The lowest BCUT2D eigenvalue weighted by Crippen LogP contribution is -2.45. The summed E-state index contributed by atoms with van der Waals surface area (Å²) in [6, 6.07) is 10.3. The van der Waals surface area contributed by atoms with Gasteiger partial charge in [0.1, 0.15) is 0 Å². The van der Waals surface area contributed by atoms with Gasteiger partial charge in [0.2, 0.25) is 0 Å². The average molecular weight is 323 g/mol. The Morgan fingerprint density at radius 1 is 1.25 bits per heavy atom. The minimum atomic E-state index is 0.0572. The first kappa shape index (κ1) is 16.7. The molecule has 1 aromatic carbocycles. The summed E-state index contributed by atoms with van der Waals surface area (Å²) in [5.41, 5.74) is 9.95. The van der Waals surface area contributed by atoms with E-state index in [-0.39, 0.29) is 11.9 Å². The summed E-state index contributed by atoms with van der Waals surface area (Å²) in [5.74, 6) is 0.442. The van der Waals surface area contributed by atoms with Crippen LogP contribution in [0.4, 0.5) is 0 Å². The first-order valence-corrected chi connectivity index (χ1v) is 8.61. The van der Waals surface area contributed by atoms with Gasteiger partial charge in [0.25, 0.3) is 5.91 Å². The third kappa shape index (κ3) is 3.65. The van der Waals surface area contributed by atoms with Crippen molar-refractivity contribution in [3.05, 3.63) is 53.9 Å². The molecule has 0 saturated carbocycles. The Labute approximate surface area is 143 Å². The predicted octanol–water partition coefficient (Wildman–Crippen LogP) is 3.26. The molecule has 3 rings (SSSR count). The van der Waals surface area contributed by atoms with Gasteiger partial charge >= 0.3 is 0 Å². The fourth-order valence-corrected chi connectivity index (χ4v) is 3.27. The van der Waals surface area contributed by atoms with Crippen molar-refractivity contribution >= 4 is 5.91 Å². The van der Waals surface area contributed by atoms with Gasteiger partial charge in [0.15, 0.2) is 0 Å². The Bertz CT molecular complexity index is 709. The molecule has 0 spiro atoms. The highest BCUT2D eigenvalue weighted by Crippen LogP contribution is 2.23. The largest absolute Gasteiger partial charge is 0.338 e. The number of piperidine rings is 1. The molecular weight excluding hydrogens is 298 g/mol. The van der Waals surface area contributed by atoms with Crippen LogP contribution in [0, 0.1) is 12.8 Å². The van der Waals surface area contributed by atoms with Crippen molar-refractivity contribution in [3.63, 3.8) is 0 Å². The molecule has 1 saturated heterocycles. The van der Waals surface area contributed by atoms with Gasteiger partial charge in [-0.25, -0.2) is 0 Å². The number of hydrogen-bond acceptors (Lipinski definition) is 3. The second kappa shape index (κ2) is 7.14. The highest BCUT2D eigenvalue weighted by molar-refractivity contribution is 5.95. The number of benzene rings is 1. The van der Waals surface area contributed by atoms with E-state index in [0.29, 0.717) is 11.5 Å². The lowest BCUT2D eigenvalue weighted by atomic mass is 9.92. The number of aryl methyl sites for hydroxylation is 1. The van der Waals surface area contributed by atoms with Crippen LogP contribution in [-0.2, 0) is 0 Å². The molecule has 2 atom stereocenters. The first-order chi connectivity index (χ1) is 11.5. The summed E-state index contributed by atoms with van der Waals surface area (Å²) in [6.07, 6.45) is 5.59. The van der Waals surface area contributed by atoms with E-state index in [1.165, 1.54) is 5.56 Å². The van der Waals surface area contributed by atoms with E-state index in [1.807, 2.05) is 24.1 Å². The van der Waals surface area contributed by atoms with Gasteiger partial charge in [-0.15, -0.1) is 0 Å². The number of carbonyl (C=O) groups is 1. The molecule has 4 nitrogen and oxygen atoms in total. The van der Waals surface area contributed by atoms with Crippen molar-refractivity contribution in [1.29, 1.82) is 0 Å². The molecule has 2 aromatic rings. The molecule has 0 radical (unpaired) electrons. The minimum absolute atomic E-state index is 0.0572. The molecule has 2 N–H and O–H groups in total. The number of likely N-dealkylation sites (tertiary alicyclic amines) is 1. The fraction of sp³-hybridized carbons (Fsp3) is 0.400. The van der Waals surface area contributed by atoms with Crippen LogP contribution in [0.2, 0.25) is 0 Å². The van der Waals surface area contributed by atoms with Crippen LogP contribution in [0.5, 0.6) is 0 Å². The number of amides is 1. The molecule has 2 unspecified atom stereocenters. The number of rotatable bonds is 3. The van der Waals surface area contributed by atoms with Gasteiger partial charge in [0.05, 0.1) is 5.56 Å². The van der Waals surface area contributed by atoms with Crippen LogP contribution in [0.3, 0.4) is 0 Å². The van der Waals surface area contributed by atoms with Crippen molar-refractivity contribution in [3.8, 4) is 11.1 Å². The molecule has 1 amide bonds. The molecular formula is C20H25N3O. The maximum absolute atomic E-state index is 12.9. The Morgan fingerprint density at radius 3 is 2.71 bits per heavy atom. The normalized spacial score (nSPS) is 19.1. The molecule has 24 heavy (non-hydrogen) atoms. The van der Waals surface area contributed by atoms with E-state index in [9.17, 15) is 4.79 Å². The summed E-state index contributed by atoms with van der Waals surface area (Å²) >= 11 is 0. The maximum Gasteiger partial charge on any atom is 0.255 e. The number of nitrogens with two attached hydrogens (primary N) is 1. The van der Waals surface area contributed by atoms with Crippen molar-refractivity contribution in [2.45, 2.75) is 32.7 Å². The zero-order valence-corrected chi connectivity index (χ0v) is 14.4. The monoisotopic (exact) mass is 323 g/mol. The van der Waals surface area contributed by atoms with Crippen LogP contribution in [0.25, 0.3) is 11.1 Å². The molecule has 126 valence electrons. The van der Waals surface area contributed by atoms with Gasteiger partial charge < -0.3 is 10.6 Å². The number of nitrogens with zero attached hydrogens (tertiary/aromatic N) is 2. The summed E-state index contributed by atoms with van der Waals surface area (Å²) < 4.78 is 0. The van der Waals surface area contributed by atoms with E-state index in [4.69, 9.17) is 5.73 Å². The highest BCUT2D eigenvalue weighted by atomic mass is 16.2. The van der Waals surface area contributed by atoms with Crippen LogP contribution in [0.1, 0.15) is 35.7 Å². The standard InChI is InChI=1S/C20H25N3O/c1-14-5-7-16(8-6-14)18-10-19(12-22-11-18)20(24)23-9-3-4-17(13-23)15(2)21/h5-8,10-12,15,17H,3-4,9,13,21H2,1-2H3. The van der Waals surface area contributed by atoms with E-state index in [2.05, 4.69) is 36.2 Å². The van der Waals surface area contributed by atoms with Crippen LogP contribution in [-0.4, -0.2) is 34.9 Å². The van der Waals surface area contributed by atoms with E-state index >= 15 is 0 Å². The lowest BCUT2D eigenvalue weighted by molar-refractivity contribution is 0.0660. The Morgan fingerprint density at radius 2 is 2.00 bits per heavy atom. The number of hydrogen-bond donors (Lipinski definition) is 1. The summed E-state index contributed by atoms with van der Waals surface area (Å²) in [5, 5.41) is 0. The Balaban J connectivity index is 1.80. The van der Waals surface area contributed by atoms with Crippen LogP contribution >= 0.6 is 0 Å². The van der Waals surface area contributed by atoms with Gasteiger partial charge in [0, 0.05) is 37.1 Å². The Kier molecular flexibility index (Phi) is 4.95. The zero-order valence-electron chi connectivity index (χ0n) is 14.4. The predicted molar refractivity (Wildman–Crippen MR) is 96.7 cm³/mol. The summed E-state index contributed by atoms with van der Waals surface area (Å²) in [4.78, 5) is 19.1. The van der Waals surface area contributed by atoms with Gasteiger partial charge in [-0.05, 0) is 44.2 Å². The Hall–Kier alpha value is -2.20. The lowest BCUT2D eigenvalue weighted by Gasteiger charge is -2.34. The van der Waals surface area contributed by atoms with Gasteiger partial charge in [-0.1, -0.05) is 29.8 Å². The first-order valence-electron chi connectivity index (χ1n) is 8.61. The molecule has 1 aliphatic rings. The fourth-order valence-electron chi connectivity index (χ4n) is 3.27. The number of carbonyl (C=O) groups excluding carboxylic acids is 1. The molecule has 2 heterocycles. The second-order valence-electron chi connectivity index (χ2n) is 6.84. The molecule has 4 heteroatoms. The van der Waals surface area contributed by atoms with E-state index < -0.39 is 0 Å². The van der Waals surface area contributed by atoms with E-state index in [1.54, 1.807) is 6.20 Å². The van der Waals surface area contributed by atoms with Gasteiger partial charge in [-0.3, -0.25) is 9.78 Å². The zero-order chi connectivity index (χ0) is 17.1. The van der Waals surface area contributed by atoms with Crippen molar-refractivity contribution in [1.82, 2.24) is 9.88 Å². The third-order valence-electron chi connectivity index (χ3n) is 4.86. The second-order valence-corrected chi connectivity index (χ2v) is 6.84. The molecule has 1 aromatic heterocycles. The third-order valence-corrected chi connectivity index (χ3v) is 4.86. The van der Waals surface area contributed by atoms with E-state index in [0.717, 1.165) is 37.1 Å². The molecule has 1 fully saturated rings. The van der Waals surface area contributed by atoms with Crippen molar-refractivity contribution < 1.29 is 4.79 Å².